The van der Waals surface area contributed by atoms with E-state index < -0.39 is 0 Å². The predicted molar refractivity (Wildman–Crippen MR) is 34.2 cm³/mol. The van der Waals surface area contributed by atoms with Crippen molar-refractivity contribution in [1.29, 1.82) is 0 Å². The maximum absolute atomic E-state index is 8.74. The Labute approximate surface area is 53.4 Å². The summed E-state index contributed by atoms with van der Waals surface area (Å²) in [7, 11) is 0. The molecule has 0 saturated carbocycles. The molecular formula is C6H5OS. The quantitative estimate of drug-likeness (QED) is 0.503. The van der Waals surface area contributed by atoms with Gasteiger partial charge in [0, 0.05) is 4.90 Å². The van der Waals surface area contributed by atoms with Gasteiger partial charge in [-0.15, -0.1) is 12.6 Å². The van der Waals surface area contributed by atoms with Crippen molar-refractivity contribution >= 4 is 12.6 Å². The molecule has 2 heteroatoms. The third kappa shape index (κ3) is 1.17. The summed E-state index contributed by atoms with van der Waals surface area (Å²) in [5.41, 5.74) is 0. The van der Waals surface area contributed by atoms with Crippen molar-refractivity contribution in [2.45, 2.75) is 4.90 Å². The van der Waals surface area contributed by atoms with Gasteiger partial charge >= 0.3 is 0 Å². The zero-order chi connectivity index (χ0) is 5.98. The predicted octanol–water partition coefficient (Wildman–Crippen LogP) is 1.48. The minimum Gasteiger partial charge on any atom is -0.508 e. The van der Waals surface area contributed by atoms with Crippen LogP contribution in [0.5, 0.6) is 5.75 Å². The Bertz CT molecular complexity index is 168. The second kappa shape index (κ2) is 2.09. The minimum absolute atomic E-state index is 0.230. The highest BCUT2D eigenvalue weighted by Crippen LogP contribution is 2.12. The van der Waals surface area contributed by atoms with Gasteiger partial charge in [0.1, 0.15) is 5.75 Å². The number of thiol groups is 1. The molecule has 0 aliphatic rings. The van der Waals surface area contributed by atoms with Gasteiger partial charge in [-0.2, -0.15) is 0 Å². The average molecular weight is 125 g/mol. The number of phenols is 1. The van der Waals surface area contributed by atoms with Crippen molar-refractivity contribution in [2.75, 3.05) is 0 Å². The smallest absolute Gasteiger partial charge is 0.116 e. The molecule has 0 amide bonds. The van der Waals surface area contributed by atoms with Crippen molar-refractivity contribution < 1.29 is 5.11 Å². The molecule has 0 saturated heterocycles. The lowest BCUT2D eigenvalue weighted by molar-refractivity contribution is 0.474. The van der Waals surface area contributed by atoms with E-state index in [1.165, 1.54) is 6.07 Å². The van der Waals surface area contributed by atoms with E-state index in [1.807, 2.05) is 0 Å². The van der Waals surface area contributed by atoms with Crippen molar-refractivity contribution in [3.8, 4) is 5.75 Å². The lowest BCUT2D eigenvalue weighted by Gasteiger charge is -1.88. The lowest BCUT2D eigenvalue weighted by atomic mass is 10.3. The number of hydrogen-bond donors (Lipinski definition) is 2. The highest BCUT2D eigenvalue weighted by atomic mass is 32.1. The van der Waals surface area contributed by atoms with Crippen LogP contribution in [0.15, 0.2) is 23.1 Å². The van der Waals surface area contributed by atoms with Gasteiger partial charge in [-0.3, -0.25) is 0 Å². The van der Waals surface area contributed by atoms with E-state index in [1.54, 1.807) is 12.1 Å². The van der Waals surface area contributed by atoms with Gasteiger partial charge in [-0.25, -0.2) is 0 Å². The summed E-state index contributed by atoms with van der Waals surface area (Å²) in [5, 5.41) is 8.74. The van der Waals surface area contributed by atoms with E-state index in [4.69, 9.17) is 5.11 Å². The monoisotopic (exact) mass is 125 g/mol. The summed E-state index contributed by atoms with van der Waals surface area (Å²) in [5.74, 6) is 0.230. The Morgan fingerprint density at radius 3 is 2.75 bits per heavy atom. The van der Waals surface area contributed by atoms with Gasteiger partial charge < -0.3 is 5.11 Å². The molecule has 1 nitrogen and oxygen atoms in total. The summed E-state index contributed by atoms with van der Waals surface area (Å²) in [4.78, 5) is 0.657. The van der Waals surface area contributed by atoms with Gasteiger partial charge in [0.05, 0.1) is 0 Å². The van der Waals surface area contributed by atoms with E-state index >= 15 is 0 Å². The van der Waals surface area contributed by atoms with Crippen LogP contribution in [-0.2, 0) is 0 Å². The van der Waals surface area contributed by atoms with E-state index in [9.17, 15) is 0 Å². The molecule has 41 valence electrons. The van der Waals surface area contributed by atoms with Crippen LogP contribution in [-0.4, -0.2) is 5.11 Å². The molecule has 0 aliphatic carbocycles. The van der Waals surface area contributed by atoms with Crippen LogP contribution >= 0.6 is 12.6 Å². The van der Waals surface area contributed by atoms with Gasteiger partial charge in [-0.05, 0) is 24.3 Å². The molecule has 1 rings (SSSR count). The minimum atomic E-state index is 0.230. The molecule has 0 atom stereocenters. The Balaban J connectivity index is 3.08. The molecule has 0 bridgehead atoms. The molecule has 0 unspecified atom stereocenters. The molecule has 0 fully saturated rings. The molecule has 0 spiro atoms. The first kappa shape index (κ1) is 5.51. The Hall–Kier alpha value is -0.630. The Morgan fingerprint density at radius 1 is 1.62 bits per heavy atom. The normalized spacial score (nSPS) is 9.12. The average Bonchev–Trinajstić information content (AvgIpc) is 1.64. The zero-order valence-electron chi connectivity index (χ0n) is 4.13. The largest absolute Gasteiger partial charge is 0.508 e. The summed E-state index contributed by atoms with van der Waals surface area (Å²) in [6, 6.07) is 7.49. The molecule has 0 aromatic heterocycles. The summed E-state index contributed by atoms with van der Waals surface area (Å²) in [6.07, 6.45) is 0. The second-order valence-electron chi connectivity index (χ2n) is 1.43. The van der Waals surface area contributed by atoms with E-state index in [0.29, 0.717) is 4.90 Å². The molecule has 0 heterocycles. The maximum Gasteiger partial charge on any atom is 0.116 e. The number of hydrogen-bond acceptors (Lipinski definition) is 2. The topological polar surface area (TPSA) is 20.2 Å². The number of rotatable bonds is 0. The van der Waals surface area contributed by atoms with Gasteiger partial charge in [0.2, 0.25) is 0 Å². The van der Waals surface area contributed by atoms with Crippen molar-refractivity contribution in [1.82, 2.24) is 0 Å². The molecule has 1 radical (unpaired) electrons. The van der Waals surface area contributed by atoms with Gasteiger partial charge in [-0.1, -0.05) is 0 Å². The lowest BCUT2D eigenvalue weighted by Crippen LogP contribution is -1.63. The van der Waals surface area contributed by atoms with Crippen LogP contribution in [0.3, 0.4) is 0 Å². The second-order valence-corrected chi connectivity index (χ2v) is 1.91. The third-order valence-electron chi connectivity index (χ3n) is 0.770. The highest BCUT2D eigenvalue weighted by molar-refractivity contribution is 7.80. The molecule has 0 aliphatic heterocycles. The van der Waals surface area contributed by atoms with Crippen LogP contribution in [0.25, 0.3) is 0 Å². The zero-order valence-corrected chi connectivity index (χ0v) is 5.02. The summed E-state index contributed by atoms with van der Waals surface area (Å²) >= 11 is 3.94. The van der Waals surface area contributed by atoms with Crippen LogP contribution in [0.1, 0.15) is 0 Å². The van der Waals surface area contributed by atoms with E-state index in [0.717, 1.165) is 0 Å². The standard InChI is InChI=1S/C6H5OS/c7-5-2-1-3-6(8)4-5/h1-2,4,7-8H. The van der Waals surface area contributed by atoms with Crippen LogP contribution in [0, 0.1) is 6.07 Å². The van der Waals surface area contributed by atoms with E-state index in [-0.39, 0.29) is 5.75 Å². The number of aromatic hydroxyl groups is 1. The molecule has 1 aromatic carbocycles. The molecule has 8 heavy (non-hydrogen) atoms. The van der Waals surface area contributed by atoms with Gasteiger partial charge in [0.15, 0.2) is 0 Å². The van der Waals surface area contributed by atoms with Gasteiger partial charge in [0.25, 0.3) is 0 Å². The molecular weight excluding hydrogens is 120 g/mol. The Morgan fingerprint density at radius 2 is 2.38 bits per heavy atom. The molecule has 1 aromatic rings. The number of phenolic OH excluding ortho intramolecular Hbond substituents is 1. The first-order valence-electron chi connectivity index (χ1n) is 2.19. The van der Waals surface area contributed by atoms with Crippen LogP contribution in [0.2, 0.25) is 0 Å². The van der Waals surface area contributed by atoms with Crippen molar-refractivity contribution in [2.24, 2.45) is 0 Å². The van der Waals surface area contributed by atoms with Crippen LogP contribution < -0.4 is 0 Å². The van der Waals surface area contributed by atoms with Crippen molar-refractivity contribution in [3.63, 3.8) is 0 Å². The van der Waals surface area contributed by atoms with Crippen molar-refractivity contribution in [3.05, 3.63) is 24.3 Å². The van der Waals surface area contributed by atoms with E-state index in [2.05, 4.69) is 18.7 Å². The summed E-state index contributed by atoms with van der Waals surface area (Å²) < 4.78 is 0. The first-order valence-corrected chi connectivity index (χ1v) is 2.63. The molecule has 1 N–H and O–H groups in total. The third-order valence-corrected chi connectivity index (χ3v) is 1.03. The van der Waals surface area contributed by atoms with Crippen LogP contribution in [0.4, 0.5) is 0 Å². The summed E-state index contributed by atoms with van der Waals surface area (Å²) in [6.45, 7) is 0. The first-order chi connectivity index (χ1) is 3.79. The Kier molecular flexibility index (Phi) is 1.44. The maximum atomic E-state index is 8.74. The highest BCUT2D eigenvalue weighted by Gasteiger charge is 1.84. The fourth-order valence-electron chi connectivity index (χ4n) is 0.442. The fourth-order valence-corrected chi connectivity index (χ4v) is 0.649. The fraction of sp³-hybridized carbons (Fsp3) is 0. The SMILES string of the molecule is Oc1cc[c]c(S)c1. The number of benzene rings is 1.